The first kappa shape index (κ1) is 12.7. The lowest BCUT2D eigenvalue weighted by Gasteiger charge is -2.17. The second-order valence-corrected chi connectivity index (χ2v) is 4.57. The average Bonchev–Trinajstić information content (AvgIpc) is 2.21. The third kappa shape index (κ3) is 4.31. The maximum atomic E-state index is 12.7. The van der Waals surface area contributed by atoms with Gasteiger partial charge in [-0.3, -0.25) is 0 Å². The maximum Gasteiger partial charge on any atom is 0.123 e. The van der Waals surface area contributed by atoms with Gasteiger partial charge in [-0.15, -0.1) is 0 Å². The Bertz CT molecular complexity index is 284. The highest BCUT2D eigenvalue weighted by atomic mass is 79.9. The average molecular weight is 275 g/mol. The van der Waals surface area contributed by atoms with E-state index in [4.69, 9.17) is 4.74 Å². The van der Waals surface area contributed by atoms with E-state index in [1.54, 1.807) is 12.1 Å². The van der Waals surface area contributed by atoms with Gasteiger partial charge in [0.15, 0.2) is 0 Å². The number of hydrogen-bond donors (Lipinski definition) is 0. The molecule has 0 saturated heterocycles. The fourth-order valence-corrected chi connectivity index (χ4v) is 1.78. The Morgan fingerprint density at radius 3 is 2.33 bits per heavy atom. The minimum atomic E-state index is -0.212. The lowest BCUT2D eigenvalue weighted by atomic mass is 10.1. The van der Waals surface area contributed by atoms with Crippen molar-refractivity contribution >= 4 is 15.9 Å². The summed E-state index contributed by atoms with van der Waals surface area (Å²) < 4.78 is 18.4. The fourth-order valence-electron chi connectivity index (χ4n) is 1.22. The zero-order chi connectivity index (χ0) is 11.3. The van der Waals surface area contributed by atoms with Gasteiger partial charge in [0.1, 0.15) is 5.82 Å². The van der Waals surface area contributed by atoms with Crippen LogP contribution in [0.1, 0.15) is 25.5 Å². The van der Waals surface area contributed by atoms with Crippen molar-refractivity contribution in [1.82, 2.24) is 0 Å². The minimum absolute atomic E-state index is 0.00741. The summed E-state index contributed by atoms with van der Waals surface area (Å²) in [6, 6.07) is 6.45. The van der Waals surface area contributed by atoms with Crippen molar-refractivity contribution < 1.29 is 9.13 Å². The molecule has 0 aliphatic heterocycles. The zero-order valence-electron chi connectivity index (χ0n) is 9.04. The summed E-state index contributed by atoms with van der Waals surface area (Å²) >= 11 is 3.40. The van der Waals surface area contributed by atoms with Crippen LogP contribution in [0, 0.1) is 11.7 Å². The molecule has 84 valence electrons. The van der Waals surface area contributed by atoms with Crippen molar-refractivity contribution in [2.45, 2.75) is 20.0 Å². The smallest absolute Gasteiger partial charge is 0.123 e. The summed E-state index contributed by atoms with van der Waals surface area (Å²) in [5, 5.41) is 0.728. The molecule has 1 atom stereocenters. The molecule has 1 aromatic carbocycles. The molecule has 0 aliphatic rings. The summed E-state index contributed by atoms with van der Waals surface area (Å²) in [4.78, 5) is 0. The third-order valence-electron chi connectivity index (χ3n) is 2.01. The SMILES string of the molecule is CC(C)COC(CBr)c1ccc(F)cc1. The van der Waals surface area contributed by atoms with Gasteiger partial charge in [-0.25, -0.2) is 4.39 Å². The van der Waals surface area contributed by atoms with Gasteiger partial charge in [-0.1, -0.05) is 41.9 Å². The van der Waals surface area contributed by atoms with Crippen molar-refractivity contribution in [2.24, 2.45) is 5.92 Å². The maximum absolute atomic E-state index is 12.7. The van der Waals surface area contributed by atoms with E-state index in [9.17, 15) is 4.39 Å². The van der Waals surface area contributed by atoms with Crippen LogP contribution in [0.4, 0.5) is 4.39 Å². The van der Waals surface area contributed by atoms with Gasteiger partial charge in [-0.05, 0) is 23.6 Å². The highest BCUT2D eigenvalue weighted by molar-refractivity contribution is 9.09. The number of benzene rings is 1. The van der Waals surface area contributed by atoms with E-state index < -0.39 is 0 Å². The molecule has 1 unspecified atom stereocenters. The van der Waals surface area contributed by atoms with Crippen molar-refractivity contribution in [3.63, 3.8) is 0 Å². The summed E-state index contributed by atoms with van der Waals surface area (Å²) in [5.74, 6) is 0.294. The van der Waals surface area contributed by atoms with Gasteiger partial charge in [0.05, 0.1) is 6.10 Å². The fraction of sp³-hybridized carbons (Fsp3) is 0.500. The van der Waals surface area contributed by atoms with Crippen molar-refractivity contribution in [3.8, 4) is 0 Å². The Hall–Kier alpha value is -0.410. The minimum Gasteiger partial charge on any atom is -0.372 e. The highest BCUT2D eigenvalue weighted by Gasteiger charge is 2.11. The first-order valence-electron chi connectivity index (χ1n) is 5.06. The molecule has 0 heterocycles. The van der Waals surface area contributed by atoms with Crippen LogP contribution in [0.25, 0.3) is 0 Å². The Balaban J connectivity index is 2.61. The van der Waals surface area contributed by atoms with Crippen LogP contribution in [0.15, 0.2) is 24.3 Å². The second-order valence-electron chi connectivity index (χ2n) is 3.92. The van der Waals surface area contributed by atoms with Crippen LogP contribution in [0.3, 0.4) is 0 Å². The normalized spacial score (nSPS) is 13.1. The first-order chi connectivity index (χ1) is 7.13. The van der Waals surface area contributed by atoms with Gasteiger partial charge in [0, 0.05) is 11.9 Å². The molecule has 0 radical (unpaired) electrons. The standard InChI is InChI=1S/C12H16BrFO/c1-9(2)8-15-12(7-13)10-3-5-11(14)6-4-10/h3-6,9,12H,7-8H2,1-2H3. The number of hydrogen-bond acceptors (Lipinski definition) is 1. The van der Waals surface area contributed by atoms with Gasteiger partial charge < -0.3 is 4.74 Å². The Labute approximate surface area is 98.8 Å². The highest BCUT2D eigenvalue weighted by Crippen LogP contribution is 2.20. The van der Waals surface area contributed by atoms with Crippen LogP contribution in [0.2, 0.25) is 0 Å². The molecule has 15 heavy (non-hydrogen) atoms. The van der Waals surface area contributed by atoms with Gasteiger partial charge in [-0.2, -0.15) is 0 Å². The van der Waals surface area contributed by atoms with Crippen molar-refractivity contribution in [3.05, 3.63) is 35.6 Å². The Morgan fingerprint density at radius 2 is 1.87 bits per heavy atom. The molecule has 3 heteroatoms. The van der Waals surface area contributed by atoms with Crippen LogP contribution >= 0.6 is 15.9 Å². The van der Waals surface area contributed by atoms with Crippen molar-refractivity contribution in [2.75, 3.05) is 11.9 Å². The van der Waals surface area contributed by atoms with Gasteiger partial charge >= 0.3 is 0 Å². The molecule has 1 rings (SSSR count). The topological polar surface area (TPSA) is 9.23 Å². The van der Waals surface area contributed by atoms with E-state index in [1.165, 1.54) is 12.1 Å². The molecular formula is C12H16BrFO. The number of alkyl halides is 1. The molecule has 0 saturated carbocycles. The molecular weight excluding hydrogens is 259 g/mol. The summed E-state index contributed by atoms with van der Waals surface area (Å²) in [6.07, 6.45) is 0.00741. The molecule has 0 aromatic heterocycles. The Morgan fingerprint density at radius 1 is 1.27 bits per heavy atom. The van der Waals surface area contributed by atoms with Gasteiger partial charge in [0.25, 0.3) is 0 Å². The summed E-state index contributed by atoms with van der Waals surface area (Å²) in [5.41, 5.74) is 1.01. The third-order valence-corrected chi connectivity index (χ3v) is 2.60. The molecule has 0 aliphatic carbocycles. The van der Waals surface area contributed by atoms with E-state index >= 15 is 0 Å². The quantitative estimate of drug-likeness (QED) is 0.740. The van der Waals surface area contributed by atoms with E-state index in [0.717, 1.165) is 10.9 Å². The van der Waals surface area contributed by atoms with E-state index in [1.807, 2.05) is 0 Å². The molecule has 0 bridgehead atoms. The van der Waals surface area contributed by atoms with Crippen LogP contribution in [0.5, 0.6) is 0 Å². The molecule has 1 nitrogen and oxygen atoms in total. The molecule has 0 amide bonds. The molecule has 0 spiro atoms. The summed E-state index contributed by atoms with van der Waals surface area (Å²) in [7, 11) is 0. The Kier molecular flexibility index (Phi) is 5.26. The number of halogens is 2. The lowest BCUT2D eigenvalue weighted by molar-refractivity contribution is 0.0507. The van der Waals surface area contributed by atoms with Crippen LogP contribution in [-0.4, -0.2) is 11.9 Å². The predicted molar refractivity (Wildman–Crippen MR) is 63.7 cm³/mol. The lowest BCUT2D eigenvalue weighted by Crippen LogP contribution is -2.10. The van der Waals surface area contributed by atoms with Crippen LogP contribution < -0.4 is 0 Å². The molecule has 0 N–H and O–H groups in total. The number of ether oxygens (including phenoxy) is 1. The predicted octanol–water partition coefficient (Wildman–Crippen LogP) is 3.93. The first-order valence-corrected chi connectivity index (χ1v) is 6.18. The summed E-state index contributed by atoms with van der Waals surface area (Å²) in [6.45, 7) is 4.93. The van der Waals surface area contributed by atoms with Crippen molar-refractivity contribution in [1.29, 1.82) is 0 Å². The largest absolute Gasteiger partial charge is 0.372 e. The second kappa shape index (κ2) is 6.23. The van der Waals surface area contributed by atoms with E-state index in [0.29, 0.717) is 12.5 Å². The molecule has 0 fully saturated rings. The monoisotopic (exact) mass is 274 g/mol. The zero-order valence-corrected chi connectivity index (χ0v) is 10.6. The van der Waals surface area contributed by atoms with E-state index in [2.05, 4.69) is 29.8 Å². The van der Waals surface area contributed by atoms with Gasteiger partial charge in [0.2, 0.25) is 0 Å². The van der Waals surface area contributed by atoms with E-state index in [-0.39, 0.29) is 11.9 Å². The molecule has 1 aromatic rings. The number of rotatable bonds is 5. The van der Waals surface area contributed by atoms with Crippen LogP contribution in [-0.2, 0) is 4.74 Å².